The molecule has 0 radical (unpaired) electrons. The summed E-state index contributed by atoms with van der Waals surface area (Å²) in [7, 11) is -5.54. The molecule has 0 amide bonds. The Balaban J connectivity index is 5.73. The molecule has 0 aromatic rings. The van der Waals surface area contributed by atoms with Gasteiger partial charge in [-0.15, -0.1) is 0 Å². The third-order valence-electron chi connectivity index (χ3n) is 2.05. The minimum Gasteiger partial charge on any atom is -0.203 e. The standard InChI is InChI=1S/C7H6Br8F3NO2S/c8-3(9)5(12,13)1-19(2-6(14,15)4(10)11)22(20,21)7(16,17)18/h3-4H,1-2H2. The van der Waals surface area contributed by atoms with Crippen LogP contribution in [0.3, 0.4) is 0 Å². The highest BCUT2D eigenvalue weighted by Gasteiger charge is 2.53. The largest absolute Gasteiger partial charge is 0.511 e. The van der Waals surface area contributed by atoms with Crippen LogP contribution in [0.25, 0.3) is 0 Å². The van der Waals surface area contributed by atoms with E-state index in [0.717, 1.165) is 0 Å². The van der Waals surface area contributed by atoms with E-state index >= 15 is 0 Å². The number of sulfonamides is 1. The predicted octanol–water partition coefficient (Wildman–Crippen LogP) is 6.34. The Labute approximate surface area is 193 Å². The van der Waals surface area contributed by atoms with Crippen LogP contribution in [0.15, 0.2) is 0 Å². The van der Waals surface area contributed by atoms with Crippen molar-refractivity contribution in [2.45, 2.75) is 19.4 Å². The summed E-state index contributed by atoms with van der Waals surface area (Å²) >= 11 is 25.1. The van der Waals surface area contributed by atoms with Crippen LogP contribution in [0.4, 0.5) is 13.2 Å². The smallest absolute Gasteiger partial charge is 0.203 e. The first-order valence-corrected chi connectivity index (χ1v) is 13.1. The van der Waals surface area contributed by atoms with Gasteiger partial charge in [0.25, 0.3) is 0 Å². The Morgan fingerprint density at radius 2 is 1.09 bits per heavy atom. The summed E-state index contributed by atoms with van der Waals surface area (Å²) in [5, 5.41) is 0. The number of hydrogen-bond acceptors (Lipinski definition) is 2. The van der Waals surface area contributed by atoms with Gasteiger partial charge in [-0.25, -0.2) is 8.42 Å². The second kappa shape index (κ2) is 9.16. The highest BCUT2D eigenvalue weighted by molar-refractivity contribution is 9.30. The second-order valence-corrected chi connectivity index (χ2v) is 19.7. The van der Waals surface area contributed by atoms with E-state index in [1.165, 1.54) is 0 Å². The Hall–Kier alpha value is 3.54. The van der Waals surface area contributed by atoms with Crippen molar-refractivity contribution in [2.24, 2.45) is 0 Å². The van der Waals surface area contributed by atoms with Crippen LogP contribution in [0.1, 0.15) is 0 Å². The number of alkyl halides is 11. The Morgan fingerprint density at radius 3 is 1.27 bits per heavy atom. The van der Waals surface area contributed by atoms with Crippen molar-refractivity contribution in [1.82, 2.24) is 4.31 Å². The van der Waals surface area contributed by atoms with Crippen LogP contribution in [0.2, 0.25) is 0 Å². The molecule has 0 atom stereocenters. The van der Waals surface area contributed by atoms with Gasteiger partial charge in [-0.05, 0) is 0 Å². The number of nitrogens with zero attached hydrogens (tertiary/aromatic N) is 1. The van der Waals surface area contributed by atoms with Crippen LogP contribution >= 0.6 is 127 Å². The number of hydrogen-bond donors (Lipinski definition) is 0. The monoisotopic (exact) mass is 856 g/mol. The van der Waals surface area contributed by atoms with Gasteiger partial charge in [0.1, 0.15) is 6.47 Å². The summed E-state index contributed by atoms with van der Waals surface area (Å²) in [5.41, 5.74) is -5.42. The first-order valence-electron chi connectivity index (χ1n) is 4.83. The molecule has 0 unspecified atom stereocenters. The van der Waals surface area contributed by atoms with Gasteiger partial charge in [0.05, 0.1) is 7.47 Å². The predicted molar refractivity (Wildman–Crippen MR) is 111 cm³/mol. The maximum atomic E-state index is 12.9. The van der Waals surface area contributed by atoms with Crippen molar-refractivity contribution in [1.29, 1.82) is 0 Å². The van der Waals surface area contributed by atoms with E-state index in [1.54, 1.807) is 0 Å². The van der Waals surface area contributed by atoms with E-state index in [1.807, 2.05) is 0 Å². The van der Waals surface area contributed by atoms with Gasteiger partial charge < -0.3 is 0 Å². The van der Waals surface area contributed by atoms with Crippen LogP contribution in [-0.4, -0.2) is 45.3 Å². The van der Waals surface area contributed by atoms with Crippen molar-refractivity contribution in [3.63, 3.8) is 0 Å². The maximum absolute atomic E-state index is 12.9. The molecule has 134 valence electrons. The average Bonchev–Trinajstić information content (AvgIpc) is 2.25. The van der Waals surface area contributed by atoms with Crippen molar-refractivity contribution in [3.05, 3.63) is 0 Å². The lowest BCUT2D eigenvalue weighted by Crippen LogP contribution is -2.51. The summed E-state index contributed by atoms with van der Waals surface area (Å²) in [5.74, 6) is 0. The lowest BCUT2D eigenvalue weighted by molar-refractivity contribution is -0.0489. The third-order valence-corrected chi connectivity index (χ3v) is 14.4. The van der Waals surface area contributed by atoms with E-state index < -0.39 is 42.6 Å². The zero-order valence-electron chi connectivity index (χ0n) is 9.90. The Bertz CT molecular complexity index is 459. The molecule has 0 spiro atoms. The van der Waals surface area contributed by atoms with E-state index in [-0.39, 0.29) is 0 Å². The van der Waals surface area contributed by atoms with E-state index in [9.17, 15) is 21.6 Å². The molecule has 22 heavy (non-hydrogen) atoms. The van der Waals surface area contributed by atoms with Crippen LogP contribution in [-0.2, 0) is 10.0 Å². The molecule has 0 aliphatic rings. The Kier molecular flexibility index (Phi) is 10.6. The quantitative estimate of drug-likeness (QED) is 0.281. The SMILES string of the molecule is O=S(=O)(N(CC(Br)(Br)C(Br)Br)CC(Br)(Br)C(Br)Br)C(F)(F)F. The first kappa shape index (κ1) is 25.5. The molecule has 0 fully saturated rings. The average molecular weight is 864 g/mol. The topological polar surface area (TPSA) is 37.4 Å². The molecule has 15 heteroatoms. The van der Waals surface area contributed by atoms with Crippen molar-refractivity contribution < 1.29 is 21.6 Å². The highest BCUT2D eigenvalue weighted by Crippen LogP contribution is 2.44. The minimum atomic E-state index is -5.54. The molecule has 0 saturated heterocycles. The van der Waals surface area contributed by atoms with E-state index in [0.29, 0.717) is 4.31 Å². The summed E-state index contributed by atoms with van der Waals surface area (Å²) in [6.45, 7) is -1.02. The second-order valence-electron chi connectivity index (χ2n) is 3.84. The maximum Gasteiger partial charge on any atom is 0.511 e. The zero-order chi connectivity index (χ0) is 18.1. The molecule has 0 bridgehead atoms. The van der Waals surface area contributed by atoms with Gasteiger partial charge in [-0.1, -0.05) is 127 Å². The first-order chi connectivity index (χ1) is 9.45. The molecule has 0 aromatic heterocycles. The molecule has 0 aromatic carbocycles. The van der Waals surface area contributed by atoms with Gasteiger partial charge >= 0.3 is 15.5 Å². The normalized spacial score (nSPS) is 15.2. The van der Waals surface area contributed by atoms with Crippen molar-refractivity contribution in [2.75, 3.05) is 13.1 Å². The van der Waals surface area contributed by atoms with Crippen molar-refractivity contribution >= 4 is 137 Å². The molecular formula is C7H6Br8F3NO2S. The highest BCUT2D eigenvalue weighted by atomic mass is 79.9. The molecule has 0 rings (SSSR count). The van der Waals surface area contributed by atoms with Gasteiger partial charge in [-0.2, -0.15) is 17.5 Å². The fourth-order valence-corrected chi connectivity index (χ4v) is 4.47. The molecular weight excluding hydrogens is 858 g/mol. The van der Waals surface area contributed by atoms with Crippen LogP contribution < -0.4 is 0 Å². The van der Waals surface area contributed by atoms with Crippen LogP contribution in [0, 0.1) is 0 Å². The Morgan fingerprint density at radius 1 is 0.818 bits per heavy atom. The number of halogens is 11. The summed E-state index contributed by atoms with van der Waals surface area (Å²) in [4.78, 5) is 0. The summed E-state index contributed by atoms with van der Waals surface area (Å²) in [6, 6.07) is 0. The molecule has 0 aliphatic heterocycles. The molecule has 3 nitrogen and oxygen atoms in total. The van der Waals surface area contributed by atoms with Gasteiger partial charge in [0.2, 0.25) is 0 Å². The molecule has 0 N–H and O–H groups in total. The zero-order valence-corrected chi connectivity index (χ0v) is 23.4. The van der Waals surface area contributed by atoms with Crippen molar-refractivity contribution in [3.8, 4) is 0 Å². The molecule has 0 aliphatic carbocycles. The van der Waals surface area contributed by atoms with Gasteiger partial charge in [0, 0.05) is 13.1 Å². The lowest BCUT2D eigenvalue weighted by atomic mass is 10.4. The number of rotatable bonds is 7. The van der Waals surface area contributed by atoms with E-state index in [2.05, 4.69) is 127 Å². The fraction of sp³-hybridized carbons (Fsp3) is 1.00. The molecule has 0 heterocycles. The summed E-state index contributed by atoms with van der Waals surface area (Å²) in [6.07, 6.45) is 0. The van der Waals surface area contributed by atoms with Gasteiger partial charge in [0.15, 0.2) is 0 Å². The minimum absolute atomic E-state index is 0.311. The van der Waals surface area contributed by atoms with E-state index in [4.69, 9.17) is 0 Å². The van der Waals surface area contributed by atoms with Gasteiger partial charge in [-0.3, -0.25) is 0 Å². The third kappa shape index (κ3) is 7.28. The van der Waals surface area contributed by atoms with Crippen LogP contribution in [0.5, 0.6) is 0 Å². The lowest BCUT2D eigenvalue weighted by Gasteiger charge is -2.35. The fourth-order valence-electron chi connectivity index (χ4n) is 0.981. The summed E-state index contributed by atoms with van der Waals surface area (Å²) < 4.78 is 59.2. The molecule has 0 saturated carbocycles.